The van der Waals surface area contributed by atoms with Gasteiger partial charge in [0.2, 0.25) is 0 Å². The van der Waals surface area contributed by atoms with Crippen molar-refractivity contribution < 1.29 is 0 Å². The van der Waals surface area contributed by atoms with E-state index in [0.29, 0.717) is 0 Å². The number of hydrogen-bond donors (Lipinski definition) is 1. The van der Waals surface area contributed by atoms with Crippen molar-refractivity contribution in [2.75, 3.05) is 13.1 Å². The van der Waals surface area contributed by atoms with Crippen molar-refractivity contribution in [3.8, 4) is 0 Å². The van der Waals surface area contributed by atoms with Gasteiger partial charge in [-0.3, -0.25) is 4.98 Å². The summed E-state index contributed by atoms with van der Waals surface area (Å²) in [5.41, 5.74) is 1.21. The van der Waals surface area contributed by atoms with Crippen LogP contribution in [-0.4, -0.2) is 18.1 Å². The standard InChI is InChI=1S/C12H18N2/c1-2-9-14-12(4-1)5-3-8-13-10-11-6-7-11/h1-2,4,9,11,13H,3,5-8,10H2. The van der Waals surface area contributed by atoms with E-state index >= 15 is 0 Å². The van der Waals surface area contributed by atoms with Gasteiger partial charge in [0.25, 0.3) is 0 Å². The van der Waals surface area contributed by atoms with Crippen molar-refractivity contribution in [3.63, 3.8) is 0 Å². The molecule has 0 aliphatic heterocycles. The molecule has 1 fully saturated rings. The zero-order valence-electron chi connectivity index (χ0n) is 8.58. The maximum atomic E-state index is 4.30. The van der Waals surface area contributed by atoms with Gasteiger partial charge in [-0.05, 0) is 56.8 Å². The molecule has 0 saturated heterocycles. The van der Waals surface area contributed by atoms with Crippen molar-refractivity contribution in [2.45, 2.75) is 25.7 Å². The average Bonchev–Trinajstić information content (AvgIpc) is 3.03. The number of hydrogen-bond acceptors (Lipinski definition) is 2. The fraction of sp³-hybridized carbons (Fsp3) is 0.583. The number of aromatic nitrogens is 1. The zero-order valence-corrected chi connectivity index (χ0v) is 8.58. The highest BCUT2D eigenvalue weighted by Gasteiger charge is 2.19. The lowest BCUT2D eigenvalue weighted by molar-refractivity contribution is 0.610. The van der Waals surface area contributed by atoms with Crippen LogP contribution < -0.4 is 5.32 Å². The van der Waals surface area contributed by atoms with Crippen LogP contribution in [0.4, 0.5) is 0 Å². The first-order valence-corrected chi connectivity index (χ1v) is 5.56. The first kappa shape index (κ1) is 9.66. The van der Waals surface area contributed by atoms with E-state index in [1.165, 1.54) is 31.5 Å². The van der Waals surface area contributed by atoms with Crippen molar-refractivity contribution in [1.82, 2.24) is 10.3 Å². The Hall–Kier alpha value is -0.890. The number of rotatable bonds is 6. The summed E-state index contributed by atoms with van der Waals surface area (Å²) in [6, 6.07) is 6.12. The first-order valence-electron chi connectivity index (χ1n) is 5.56. The quantitative estimate of drug-likeness (QED) is 0.694. The molecule has 14 heavy (non-hydrogen) atoms. The van der Waals surface area contributed by atoms with E-state index in [1.54, 1.807) is 0 Å². The Morgan fingerprint density at radius 2 is 2.29 bits per heavy atom. The van der Waals surface area contributed by atoms with Gasteiger partial charge in [0.1, 0.15) is 0 Å². The van der Waals surface area contributed by atoms with Crippen molar-refractivity contribution in [2.24, 2.45) is 5.92 Å². The second kappa shape index (κ2) is 5.11. The van der Waals surface area contributed by atoms with Gasteiger partial charge in [0.15, 0.2) is 0 Å². The zero-order chi connectivity index (χ0) is 9.64. The summed E-state index contributed by atoms with van der Waals surface area (Å²) in [6.45, 7) is 2.36. The predicted octanol–water partition coefficient (Wildman–Crippen LogP) is 2.01. The van der Waals surface area contributed by atoms with Crippen LogP contribution in [0, 0.1) is 5.92 Å². The summed E-state index contributed by atoms with van der Waals surface area (Å²) in [6.07, 6.45) is 7.04. The summed E-state index contributed by atoms with van der Waals surface area (Å²) in [4.78, 5) is 4.30. The Kier molecular flexibility index (Phi) is 3.52. The molecule has 0 radical (unpaired) electrons. The number of nitrogens with zero attached hydrogens (tertiary/aromatic N) is 1. The monoisotopic (exact) mass is 190 g/mol. The molecule has 1 N–H and O–H groups in total. The smallest absolute Gasteiger partial charge is 0.0404 e. The van der Waals surface area contributed by atoms with Crippen LogP contribution in [0.25, 0.3) is 0 Å². The molecule has 2 heteroatoms. The number of aryl methyl sites for hydroxylation is 1. The Morgan fingerprint density at radius 3 is 3.00 bits per heavy atom. The Labute approximate surface area is 85.7 Å². The summed E-state index contributed by atoms with van der Waals surface area (Å²) >= 11 is 0. The molecule has 0 spiro atoms. The molecule has 1 aromatic heterocycles. The molecule has 0 atom stereocenters. The van der Waals surface area contributed by atoms with E-state index in [0.717, 1.165) is 18.9 Å². The van der Waals surface area contributed by atoms with Gasteiger partial charge in [-0.15, -0.1) is 0 Å². The average molecular weight is 190 g/mol. The fourth-order valence-corrected chi connectivity index (χ4v) is 1.57. The molecule has 76 valence electrons. The third-order valence-electron chi connectivity index (χ3n) is 2.64. The molecule has 1 aliphatic carbocycles. The molecule has 0 amide bonds. The molecular weight excluding hydrogens is 172 g/mol. The molecule has 1 aromatic rings. The van der Waals surface area contributed by atoms with Crippen molar-refractivity contribution in [1.29, 1.82) is 0 Å². The molecule has 1 heterocycles. The van der Waals surface area contributed by atoms with Crippen molar-refractivity contribution >= 4 is 0 Å². The highest BCUT2D eigenvalue weighted by Crippen LogP contribution is 2.27. The van der Waals surface area contributed by atoms with Crippen molar-refractivity contribution in [3.05, 3.63) is 30.1 Å². The Bertz CT molecular complexity index is 254. The van der Waals surface area contributed by atoms with Gasteiger partial charge < -0.3 is 5.32 Å². The minimum absolute atomic E-state index is 0.991. The molecule has 2 nitrogen and oxygen atoms in total. The number of nitrogens with one attached hydrogen (secondary N) is 1. The van der Waals surface area contributed by atoms with Gasteiger partial charge in [0.05, 0.1) is 0 Å². The molecule has 0 unspecified atom stereocenters. The number of pyridine rings is 1. The minimum atomic E-state index is 0.991. The van der Waals surface area contributed by atoms with Crippen LogP contribution in [-0.2, 0) is 6.42 Å². The highest BCUT2D eigenvalue weighted by molar-refractivity contribution is 5.03. The lowest BCUT2D eigenvalue weighted by Gasteiger charge is -2.02. The topological polar surface area (TPSA) is 24.9 Å². The maximum Gasteiger partial charge on any atom is 0.0404 e. The van der Waals surface area contributed by atoms with Gasteiger partial charge >= 0.3 is 0 Å². The predicted molar refractivity (Wildman–Crippen MR) is 58.2 cm³/mol. The SMILES string of the molecule is c1ccc(CCCNCC2CC2)nc1. The van der Waals surface area contributed by atoms with Gasteiger partial charge in [-0.25, -0.2) is 0 Å². The van der Waals surface area contributed by atoms with Crippen LogP contribution in [0.5, 0.6) is 0 Å². The normalized spacial score (nSPS) is 15.7. The van der Waals surface area contributed by atoms with Crippen LogP contribution in [0.3, 0.4) is 0 Å². The Balaban J connectivity index is 1.54. The van der Waals surface area contributed by atoms with E-state index in [2.05, 4.69) is 22.4 Å². The molecule has 0 bridgehead atoms. The molecule has 0 aromatic carbocycles. The van der Waals surface area contributed by atoms with E-state index < -0.39 is 0 Å². The van der Waals surface area contributed by atoms with Gasteiger partial charge in [-0.2, -0.15) is 0 Å². The fourth-order valence-electron chi connectivity index (χ4n) is 1.57. The van der Waals surface area contributed by atoms with Crippen LogP contribution in [0.1, 0.15) is 25.0 Å². The molecule has 2 rings (SSSR count). The second-order valence-electron chi connectivity index (χ2n) is 4.07. The van der Waals surface area contributed by atoms with Crippen LogP contribution >= 0.6 is 0 Å². The summed E-state index contributed by atoms with van der Waals surface area (Å²) < 4.78 is 0. The Morgan fingerprint density at radius 1 is 1.36 bits per heavy atom. The first-order chi connectivity index (χ1) is 6.95. The highest BCUT2D eigenvalue weighted by atomic mass is 14.9. The maximum absolute atomic E-state index is 4.30. The minimum Gasteiger partial charge on any atom is -0.316 e. The third kappa shape index (κ3) is 3.46. The summed E-state index contributed by atoms with van der Waals surface area (Å²) in [5, 5.41) is 3.49. The van der Waals surface area contributed by atoms with Crippen LogP contribution in [0.2, 0.25) is 0 Å². The van der Waals surface area contributed by atoms with Gasteiger partial charge in [0, 0.05) is 11.9 Å². The molecule has 1 aliphatic rings. The molecular formula is C12H18N2. The van der Waals surface area contributed by atoms with E-state index in [9.17, 15) is 0 Å². The van der Waals surface area contributed by atoms with Crippen LogP contribution in [0.15, 0.2) is 24.4 Å². The van der Waals surface area contributed by atoms with Gasteiger partial charge in [-0.1, -0.05) is 6.07 Å². The molecule has 1 saturated carbocycles. The van der Waals surface area contributed by atoms with E-state index in [4.69, 9.17) is 0 Å². The third-order valence-corrected chi connectivity index (χ3v) is 2.64. The van der Waals surface area contributed by atoms with E-state index in [1.807, 2.05) is 12.3 Å². The lowest BCUT2D eigenvalue weighted by Crippen LogP contribution is -2.18. The van der Waals surface area contributed by atoms with E-state index in [-0.39, 0.29) is 0 Å². The largest absolute Gasteiger partial charge is 0.316 e. The second-order valence-corrected chi connectivity index (χ2v) is 4.07. The summed E-state index contributed by atoms with van der Waals surface area (Å²) in [7, 11) is 0. The summed E-state index contributed by atoms with van der Waals surface area (Å²) in [5.74, 6) is 0.991. The lowest BCUT2D eigenvalue weighted by atomic mass is 10.2.